The van der Waals surface area contributed by atoms with Crippen molar-refractivity contribution in [2.45, 2.75) is 11.8 Å². The average molecular weight is 311 g/mol. The van der Waals surface area contributed by atoms with Gasteiger partial charge >= 0.3 is 0 Å². The molecule has 2 N–H and O–H groups in total. The zero-order chi connectivity index (χ0) is 14.9. The number of nitrogen functional groups attached to an aromatic ring is 1. The van der Waals surface area contributed by atoms with E-state index in [2.05, 4.69) is 0 Å². The lowest BCUT2D eigenvalue weighted by atomic mass is 10.2. The number of hydrogen-bond acceptors (Lipinski definition) is 3. The summed E-state index contributed by atoms with van der Waals surface area (Å²) in [5, 5.41) is 0.492. The van der Waals surface area contributed by atoms with E-state index < -0.39 is 10.0 Å². The molecule has 0 atom stereocenters. The number of hydrogen-bond donors (Lipinski definition) is 1. The highest BCUT2D eigenvalue weighted by Gasteiger charge is 2.21. The van der Waals surface area contributed by atoms with Crippen LogP contribution in [0.4, 0.5) is 11.4 Å². The standard InChI is InChI=1S/C14H15ClN2O2S/c1-10-3-6-12(9-14(10)16)17(2)20(18,19)13-7-4-11(15)5-8-13/h3-9H,16H2,1-2H3. The Hall–Kier alpha value is -1.72. The van der Waals surface area contributed by atoms with Crippen LogP contribution in [0.5, 0.6) is 0 Å². The molecule has 0 bridgehead atoms. The summed E-state index contributed by atoms with van der Waals surface area (Å²) in [4.78, 5) is 0.184. The highest BCUT2D eigenvalue weighted by Crippen LogP contribution is 2.25. The summed E-state index contributed by atoms with van der Waals surface area (Å²) < 4.78 is 26.2. The summed E-state index contributed by atoms with van der Waals surface area (Å²) in [7, 11) is -2.13. The van der Waals surface area contributed by atoms with Crippen molar-refractivity contribution in [2.75, 3.05) is 17.1 Å². The Balaban J connectivity index is 2.42. The van der Waals surface area contributed by atoms with Crippen molar-refractivity contribution < 1.29 is 8.42 Å². The highest BCUT2D eigenvalue weighted by molar-refractivity contribution is 7.92. The number of halogens is 1. The molecule has 0 unspecified atom stereocenters. The van der Waals surface area contributed by atoms with Gasteiger partial charge in [-0.05, 0) is 48.9 Å². The Morgan fingerprint density at radius 2 is 1.70 bits per heavy atom. The lowest BCUT2D eigenvalue weighted by Gasteiger charge is -2.20. The van der Waals surface area contributed by atoms with Gasteiger partial charge in [0.05, 0.1) is 10.6 Å². The molecule has 2 aromatic rings. The number of nitrogens with two attached hydrogens (primary N) is 1. The van der Waals surface area contributed by atoms with Gasteiger partial charge in [0.1, 0.15) is 0 Å². The number of rotatable bonds is 3. The average Bonchev–Trinajstić information content (AvgIpc) is 2.41. The van der Waals surface area contributed by atoms with Crippen molar-refractivity contribution in [3.05, 3.63) is 53.1 Å². The van der Waals surface area contributed by atoms with Gasteiger partial charge < -0.3 is 5.73 Å². The molecule has 6 heteroatoms. The second-order valence-electron chi connectivity index (χ2n) is 4.47. The molecule has 0 aliphatic rings. The van der Waals surface area contributed by atoms with Crippen LogP contribution in [0, 0.1) is 6.92 Å². The molecule has 0 amide bonds. The zero-order valence-corrected chi connectivity index (χ0v) is 12.7. The summed E-state index contributed by atoms with van der Waals surface area (Å²) in [6.45, 7) is 1.87. The summed E-state index contributed by atoms with van der Waals surface area (Å²) in [5.41, 5.74) is 7.80. The van der Waals surface area contributed by atoms with Gasteiger partial charge in [-0.25, -0.2) is 8.42 Å². The molecule has 0 aliphatic heterocycles. The van der Waals surface area contributed by atoms with Crippen molar-refractivity contribution in [1.29, 1.82) is 0 Å². The fourth-order valence-electron chi connectivity index (χ4n) is 1.73. The highest BCUT2D eigenvalue weighted by atomic mass is 35.5. The summed E-state index contributed by atoms with van der Waals surface area (Å²) in [6.07, 6.45) is 0. The lowest BCUT2D eigenvalue weighted by Crippen LogP contribution is -2.26. The first-order chi connectivity index (χ1) is 9.32. The molecule has 0 aliphatic carbocycles. The van der Waals surface area contributed by atoms with Crippen molar-refractivity contribution in [1.82, 2.24) is 0 Å². The van der Waals surface area contributed by atoms with Crippen LogP contribution in [0.25, 0.3) is 0 Å². The van der Waals surface area contributed by atoms with Crippen LogP contribution in [0.1, 0.15) is 5.56 Å². The summed E-state index contributed by atoms with van der Waals surface area (Å²) in [6, 6.07) is 11.2. The van der Waals surface area contributed by atoms with E-state index in [1.54, 1.807) is 30.3 Å². The third kappa shape index (κ3) is 2.73. The van der Waals surface area contributed by atoms with Crippen molar-refractivity contribution in [3.63, 3.8) is 0 Å². The fraction of sp³-hybridized carbons (Fsp3) is 0.143. The van der Waals surface area contributed by atoms with Crippen LogP contribution < -0.4 is 10.0 Å². The summed E-state index contributed by atoms with van der Waals surface area (Å²) in [5.74, 6) is 0. The molecule has 0 spiro atoms. The quantitative estimate of drug-likeness (QED) is 0.886. The molecule has 106 valence electrons. The molecule has 0 saturated heterocycles. The topological polar surface area (TPSA) is 63.4 Å². The van der Waals surface area contributed by atoms with Crippen molar-refractivity contribution in [2.24, 2.45) is 0 Å². The minimum absolute atomic E-state index is 0.184. The molecule has 20 heavy (non-hydrogen) atoms. The summed E-state index contributed by atoms with van der Waals surface area (Å²) >= 11 is 5.77. The molecule has 2 aromatic carbocycles. The van der Waals surface area contributed by atoms with Gasteiger partial charge in [0, 0.05) is 17.8 Å². The fourth-order valence-corrected chi connectivity index (χ4v) is 3.04. The lowest BCUT2D eigenvalue weighted by molar-refractivity contribution is 0.594. The van der Waals surface area contributed by atoms with Crippen LogP contribution >= 0.6 is 11.6 Å². The molecule has 0 heterocycles. The van der Waals surface area contributed by atoms with Gasteiger partial charge in [-0.1, -0.05) is 17.7 Å². The number of aryl methyl sites for hydroxylation is 1. The van der Waals surface area contributed by atoms with Gasteiger partial charge in [0.2, 0.25) is 0 Å². The maximum absolute atomic E-state index is 12.5. The third-order valence-corrected chi connectivity index (χ3v) is 5.15. The Labute approximate surface area is 123 Å². The number of sulfonamides is 1. The number of anilines is 2. The molecule has 0 saturated carbocycles. The van der Waals surface area contributed by atoms with E-state index in [-0.39, 0.29) is 4.90 Å². The minimum Gasteiger partial charge on any atom is -0.398 e. The maximum Gasteiger partial charge on any atom is 0.264 e. The van der Waals surface area contributed by atoms with Crippen molar-refractivity contribution >= 4 is 33.0 Å². The first kappa shape index (κ1) is 14.7. The normalized spacial score (nSPS) is 11.3. The van der Waals surface area contributed by atoms with E-state index in [0.29, 0.717) is 16.4 Å². The molecule has 4 nitrogen and oxygen atoms in total. The third-order valence-electron chi connectivity index (χ3n) is 3.10. The number of benzene rings is 2. The predicted molar refractivity (Wildman–Crippen MR) is 82.6 cm³/mol. The first-order valence-corrected chi connectivity index (χ1v) is 7.75. The number of nitrogens with zero attached hydrogens (tertiary/aromatic N) is 1. The van der Waals surface area contributed by atoms with E-state index in [1.807, 2.05) is 6.92 Å². The predicted octanol–water partition coefficient (Wildman–Crippen LogP) is 3.06. The molecule has 2 rings (SSSR count). The van der Waals surface area contributed by atoms with Crippen LogP contribution in [0.2, 0.25) is 5.02 Å². The van der Waals surface area contributed by atoms with E-state index in [9.17, 15) is 8.42 Å². The second kappa shape index (κ2) is 5.34. The Kier molecular flexibility index (Phi) is 3.92. The van der Waals surface area contributed by atoms with Crippen LogP contribution in [0.3, 0.4) is 0 Å². The molecular weight excluding hydrogens is 296 g/mol. The molecule has 0 fully saturated rings. The largest absolute Gasteiger partial charge is 0.398 e. The van der Waals surface area contributed by atoms with E-state index in [1.165, 1.54) is 23.5 Å². The smallest absolute Gasteiger partial charge is 0.264 e. The molecular formula is C14H15ClN2O2S. The van der Waals surface area contributed by atoms with Gasteiger partial charge in [-0.2, -0.15) is 0 Å². The van der Waals surface area contributed by atoms with Crippen LogP contribution in [-0.2, 0) is 10.0 Å². The molecule has 0 aromatic heterocycles. The SMILES string of the molecule is Cc1ccc(N(C)S(=O)(=O)c2ccc(Cl)cc2)cc1N. The van der Waals surface area contributed by atoms with Crippen molar-refractivity contribution in [3.8, 4) is 0 Å². The minimum atomic E-state index is -3.62. The Morgan fingerprint density at radius 3 is 2.25 bits per heavy atom. The zero-order valence-electron chi connectivity index (χ0n) is 11.2. The first-order valence-electron chi connectivity index (χ1n) is 5.93. The van der Waals surface area contributed by atoms with E-state index >= 15 is 0 Å². The Morgan fingerprint density at radius 1 is 1.10 bits per heavy atom. The van der Waals surface area contributed by atoms with E-state index in [4.69, 9.17) is 17.3 Å². The molecule has 0 radical (unpaired) electrons. The monoisotopic (exact) mass is 310 g/mol. The van der Waals surface area contributed by atoms with Crippen LogP contribution in [0.15, 0.2) is 47.4 Å². The van der Waals surface area contributed by atoms with Gasteiger partial charge in [-0.15, -0.1) is 0 Å². The second-order valence-corrected chi connectivity index (χ2v) is 6.87. The van der Waals surface area contributed by atoms with Crippen LogP contribution in [-0.4, -0.2) is 15.5 Å². The van der Waals surface area contributed by atoms with Gasteiger partial charge in [0.15, 0.2) is 0 Å². The Bertz CT molecular complexity index is 727. The van der Waals surface area contributed by atoms with E-state index in [0.717, 1.165) is 5.56 Å². The van der Waals surface area contributed by atoms with Gasteiger partial charge in [-0.3, -0.25) is 4.31 Å². The van der Waals surface area contributed by atoms with Gasteiger partial charge in [0.25, 0.3) is 10.0 Å². The maximum atomic E-state index is 12.5.